The van der Waals surface area contributed by atoms with Crippen molar-refractivity contribution >= 4 is 59.5 Å². The predicted octanol–water partition coefficient (Wildman–Crippen LogP) is 4.56. The number of carbonyl (C=O) groups excluding carboxylic acids is 8. The van der Waals surface area contributed by atoms with Crippen molar-refractivity contribution in [1.29, 1.82) is 0 Å². The molecule has 4 aromatic rings. The third kappa shape index (κ3) is 15.9. The first kappa shape index (κ1) is 54.7. The minimum Gasteiger partial charge on any atom is -0.467 e. The Morgan fingerprint density at radius 1 is 0.789 bits per heavy atom. The van der Waals surface area contributed by atoms with Crippen molar-refractivity contribution < 1.29 is 75.9 Å². The number of benzene rings is 2. The molecule has 2 aromatic carbocycles. The molecule has 3 heterocycles. The van der Waals surface area contributed by atoms with Crippen LogP contribution in [0.25, 0.3) is 0 Å². The molecule has 382 valence electrons. The van der Waals surface area contributed by atoms with E-state index in [1.807, 2.05) is 6.26 Å². The number of rotatable bonds is 21. The lowest BCUT2D eigenvalue weighted by molar-refractivity contribution is -0.270. The van der Waals surface area contributed by atoms with E-state index >= 15 is 4.79 Å². The number of nitrogens with one attached hydrogen (secondary N) is 2. The van der Waals surface area contributed by atoms with Gasteiger partial charge in [-0.15, -0.1) is 5.10 Å². The van der Waals surface area contributed by atoms with E-state index in [2.05, 4.69) is 20.9 Å². The van der Waals surface area contributed by atoms with Crippen LogP contribution in [0.1, 0.15) is 101 Å². The number of ether oxygens (including phenoxy) is 7. The Bertz CT molecular complexity index is 2450. The molecule has 0 saturated carbocycles. The lowest BCUT2D eigenvalue weighted by atomic mass is 9.97. The number of hydrogen-bond acceptors (Lipinski definition) is 19. The number of thioether (sulfide) groups is 1. The fourth-order valence-corrected chi connectivity index (χ4v) is 7.93. The van der Waals surface area contributed by atoms with Gasteiger partial charge in [0.1, 0.15) is 30.7 Å². The van der Waals surface area contributed by atoms with Crippen molar-refractivity contribution in [3.63, 3.8) is 0 Å². The molecule has 71 heavy (non-hydrogen) atoms. The number of alkyl carbamates (subject to hydrolysis) is 1. The van der Waals surface area contributed by atoms with Crippen LogP contribution in [0.4, 0.5) is 4.79 Å². The summed E-state index contributed by atoms with van der Waals surface area (Å²) in [6.45, 7) is 8.49. The molecular formula is C48H58N6O16S. The summed E-state index contributed by atoms with van der Waals surface area (Å²) in [4.78, 5) is 109. The van der Waals surface area contributed by atoms with E-state index in [0.29, 0.717) is 17.7 Å². The Morgan fingerprint density at radius 2 is 1.42 bits per heavy atom. The maximum Gasteiger partial charge on any atom is 0.407 e. The SMILES string of the molecule is CSCC[C@@H](CNC(=O)C(c1ccco1)N(C(=O)c1cn([C@@H]2O[C@H](COC(C)=O)[C@@H](OC(C)=O)[C@H](OC(C)=O)[C@H]2OC(C)=O)nn1)[C@H](C(=O)OCc1ccccc1)c1ccccc1)NC(=O)OC(C)(C)C. The minimum atomic E-state index is -1.76. The Kier molecular flexibility index (Phi) is 19.7. The summed E-state index contributed by atoms with van der Waals surface area (Å²) in [5.74, 6) is -5.79. The van der Waals surface area contributed by atoms with E-state index in [4.69, 9.17) is 37.6 Å². The highest BCUT2D eigenvalue weighted by atomic mass is 32.2. The smallest absolute Gasteiger partial charge is 0.407 e. The number of aromatic nitrogens is 3. The Labute approximate surface area is 413 Å². The van der Waals surface area contributed by atoms with E-state index < -0.39 is 114 Å². The van der Waals surface area contributed by atoms with E-state index in [1.54, 1.807) is 81.4 Å². The van der Waals surface area contributed by atoms with E-state index in [1.165, 1.54) is 30.2 Å². The van der Waals surface area contributed by atoms with E-state index in [9.17, 15) is 33.6 Å². The highest BCUT2D eigenvalue weighted by Gasteiger charge is 2.54. The van der Waals surface area contributed by atoms with Gasteiger partial charge in [-0.2, -0.15) is 11.8 Å². The quantitative estimate of drug-likeness (QED) is 0.0855. The van der Waals surface area contributed by atoms with Gasteiger partial charge < -0.3 is 53.1 Å². The van der Waals surface area contributed by atoms with Crippen LogP contribution >= 0.6 is 11.8 Å². The summed E-state index contributed by atoms with van der Waals surface area (Å²) in [5.41, 5.74) is -0.506. The minimum absolute atomic E-state index is 0.0969. The van der Waals surface area contributed by atoms with E-state index in [-0.39, 0.29) is 24.5 Å². The molecule has 22 nitrogen and oxygen atoms in total. The zero-order chi connectivity index (χ0) is 51.8. The maximum absolute atomic E-state index is 15.5. The molecule has 23 heteroatoms. The Hall–Kier alpha value is -7.27. The summed E-state index contributed by atoms with van der Waals surface area (Å²) < 4.78 is 46.3. The molecule has 0 spiro atoms. The lowest BCUT2D eigenvalue weighted by Gasteiger charge is -2.44. The monoisotopic (exact) mass is 1010 g/mol. The number of carbonyl (C=O) groups is 8. The van der Waals surface area contributed by atoms with Crippen LogP contribution in [0, 0.1) is 0 Å². The predicted molar refractivity (Wildman–Crippen MR) is 249 cm³/mol. The average Bonchev–Trinajstić information content (AvgIpc) is 4.03. The molecule has 2 aromatic heterocycles. The molecule has 1 fully saturated rings. The highest BCUT2D eigenvalue weighted by molar-refractivity contribution is 7.98. The number of furan rings is 1. The first-order valence-corrected chi connectivity index (χ1v) is 23.8. The molecule has 1 unspecified atom stereocenters. The zero-order valence-electron chi connectivity index (χ0n) is 40.5. The van der Waals surface area contributed by atoms with Crippen molar-refractivity contribution in [3.05, 3.63) is 108 Å². The average molecular weight is 1010 g/mol. The molecule has 2 N–H and O–H groups in total. The first-order chi connectivity index (χ1) is 33.8. The Balaban J connectivity index is 1.65. The summed E-state index contributed by atoms with van der Waals surface area (Å²) >= 11 is 1.51. The van der Waals surface area contributed by atoms with Crippen LogP contribution < -0.4 is 10.6 Å². The van der Waals surface area contributed by atoms with Crippen LogP contribution in [-0.2, 0) is 68.5 Å². The normalized spacial score (nSPS) is 18.8. The highest BCUT2D eigenvalue weighted by Crippen LogP contribution is 2.37. The molecule has 1 aliphatic rings. The number of amides is 3. The maximum atomic E-state index is 15.5. The molecular weight excluding hydrogens is 949 g/mol. The van der Waals surface area contributed by atoms with Crippen molar-refractivity contribution in [1.82, 2.24) is 30.5 Å². The second-order valence-corrected chi connectivity index (χ2v) is 18.1. The van der Waals surface area contributed by atoms with Crippen LogP contribution in [0.3, 0.4) is 0 Å². The third-order valence-corrected chi connectivity index (χ3v) is 10.9. The van der Waals surface area contributed by atoms with Gasteiger partial charge >= 0.3 is 35.9 Å². The van der Waals surface area contributed by atoms with Crippen molar-refractivity contribution in [2.45, 2.75) is 116 Å². The molecule has 0 radical (unpaired) electrons. The molecule has 0 bridgehead atoms. The second kappa shape index (κ2) is 25.5. The second-order valence-electron chi connectivity index (χ2n) is 17.1. The fourth-order valence-electron chi connectivity index (χ4n) is 7.41. The van der Waals surface area contributed by atoms with Crippen LogP contribution in [-0.4, -0.2) is 129 Å². The number of hydrogen-bond donors (Lipinski definition) is 2. The molecule has 5 rings (SSSR count). The summed E-state index contributed by atoms with van der Waals surface area (Å²) in [6, 6.07) is 15.6. The summed E-state index contributed by atoms with van der Waals surface area (Å²) in [6.07, 6.45) is -3.86. The van der Waals surface area contributed by atoms with Crippen molar-refractivity contribution in [3.8, 4) is 0 Å². The van der Waals surface area contributed by atoms with Gasteiger partial charge in [0.2, 0.25) is 0 Å². The van der Waals surface area contributed by atoms with Crippen molar-refractivity contribution in [2.24, 2.45) is 0 Å². The first-order valence-electron chi connectivity index (χ1n) is 22.4. The van der Waals surface area contributed by atoms with Gasteiger partial charge in [-0.25, -0.2) is 14.3 Å². The van der Waals surface area contributed by atoms with Crippen LogP contribution in [0.5, 0.6) is 0 Å². The number of esters is 5. The standard InChI is InChI=1S/C48H58N6O16S/c1-28(55)64-27-37-40(66-29(2)56)41(67-30(3)57)42(68-31(4)58)45(69-37)53-25-35(51-52-53)44(60)54(38(33-18-13-10-14-19-33)46(61)65-26-32-16-11-9-12-17-32)39(36-20-15-22-63-36)43(59)49-24-34(21-23-71-8)50-47(62)70-48(5,6)7/h9-20,22,25,34,37-42,45H,21,23-24,26-27H2,1-8H3,(H,49,59)(H,50,62)/t34-,37+,38-,39?,40+,41-,42+,45+/m0/s1. The van der Waals surface area contributed by atoms with Gasteiger partial charge in [0.15, 0.2) is 42.3 Å². The molecule has 0 aliphatic carbocycles. The van der Waals surface area contributed by atoms with Gasteiger partial charge in [0, 0.05) is 34.2 Å². The molecule has 1 saturated heterocycles. The van der Waals surface area contributed by atoms with Gasteiger partial charge in [0.05, 0.1) is 18.5 Å². The van der Waals surface area contributed by atoms with Crippen molar-refractivity contribution in [2.75, 3.05) is 25.2 Å². The molecule has 3 amide bonds. The summed E-state index contributed by atoms with van der Waals surface area (Å²) in [7, 11) is 0. The van der Waals surface area contributed by atoms with Gasteiger partial charge in [0.25, 0.3) is 11.8 Å². The lowest BCUT2D eigenvalue weighted by Crippen LogP contribution is -2.60. The molecule has 1 aliphatic heterocycles. The van der Waals surface area contributed by atoms with Gasteiger partial charge in [-0.05, 0) is 62.5 Å². The third-order valence-electron chi connectivity index (χ3n) is 10.3. The van der Waals surface area contributed by atoms with Gasteiger partial charge in [-0.3, -0.25) is 28.8 Å². The Morgan fingerprint density at radius 3 is 2.01 bits per heavy atom. The fraction of sp³-hybridized carbons (Fsp3) is 0.458. The number of nitrogens with zero attached hydrogens (tertiary/aromatic N) is 4. The van der Waals surface area contributed by atoms with Crippen LogP contribution in [0.15, 0.2) is 89.7 Å². The van der Waals surface area contributed by atoms with Gasteiger partial charge in [-0.1, -0.05) is 65.9 Å². The van der Waals surface area contributed by atoms with E-state index in [0.717, 1.165) is 43.5 Å². The topological polar surface area (TPSA) is 272 Å². The largest absolute Gasteiger partial charge is 0.467 e. The summed E-state index contributed by atoms with van der Waals surface area (Å²) in [5, 5.41) is 13.9. The van der Waals surface area contributed by atoms with Crippen LogP contribution in [0.2, 0.25) is 0 Å². The zero-order valence-corrected chi connectivity index (χ0v) is 41.3. The molecule has 8 atom stereocenters.